The zero-order valence-corrected chi connectivity index (χ0v) is 22.3. The van der Waals surface area contributed by atoms with E-state index < -0.39 is 82.0 Å². The van der Waals surface area contributed by atoms with Gasteiger partial charge in [0.05, 0.1) is 18.6 Å². The molecule has 40 heavy (non-hydrogen) atoms. The first-order valence-corrected chi connectivity index (χ1v) is 13.3. The van der Waals surface area contributed by atoms with Crippen LogP contribution in [-0.2, 0) is 28.7 Å². The van der Waals surface area contributed by atoms with Crippen LogP contribution in [0.2, 0.25) is 0 Å². The highest BCUT2D eigenvalue weighted by Crippen LogP contribution is 2.58. The molecule has 3 aliphatic carbocycles. The van der Waals surface area contributed by atoms with Crippen molar-refractivity contribution in [2.45, 2.75) is 63.9 Å². The van der Waals surface area contributed by atoms with Crippen molar-refractivity contribution in [3.63, 3.8) is 0 Å². The maximum atomic E-state index is 13.9. The minimum atomic E-state index is -2.83. The molecule has 11 nitrogen and oxygen atoms in total. The van der Waals surface area contributed by atoms with E-state index in [2.05, 4.69) is 0 Å². The number of aromatic hydroxyl groups is 1. The van der Waals surface area contributed by atoms with Crippen molar-refractivity contribution in [1.29, 1.82) is 0 Å². The van der Waals surface area contributed by atoms with Crippen molar-refractivity contribution in [3.8, 4) is 5.75 Å². The normalized spacial score (nSPS) is 27.6. The van der Waals surface area contributed by atoms with E-state index in [1.807, 2.05) is 6.92 Å². The summed E-state index contributed by atoms with van der Waals surface area (Å²) in [5.41, 5.74) is 1.65. The van der Waals surface area contributed by atoms with Crippen LogP contribution in [0.1, 0.15) is 69.4 Å². The van der Waals surface area contributed by atoms with Gasteiger partial charge in [0.2, 0.25) is 5.78 Å². The number of esters is 1. The molecule has 0 unspecified atom stereocenters. The number of nitrogens with two attached hydrogens (primary N) is 1. The second-order valence-corrected chi connectivity index (χ2v) is 10.7. The molecule has 1 aromatic carbocycles. The van der Waals surface area contributed by atoms with Crippen LogP contribution < -0.4 is 5.73 Å². The van der Waals surface area contributed by atoms with Crippen LogP contribution in [0.15, 0.2) is 35.1 Å². The van der Waals surface area contributed by atoms with Crippen LogP contribution in [0, 0.1) is 17.8 Å². The lowest BCUT2D eigenvalue weighted by atomic mass is 9.51. The Hall–Kier alpha value is -3.99. The summed E-state index contributed by atoms with van der Waals surface area (Å²) < 4.78 is 5.10. The molecule has 0 bridgehead atoms. The number of carbonyl (C=O) groups is 5. The number of amides is 1. The van der Waals surface area contributed by atoms with E-state index in [1.165, 1.54) is 6.07 Å². The lowest BCUT2D eigenvalue weighted by Crippen LogP contribution is -2.62. The van der Waals surface area contributed by atoms with Gasteiger partial charge in [-0.05, 0) is 29.9 Å². The Morgan fingerprint density at radius 3 is 2.48 bits per heavy atom. The van der Waals surface area contributed by atoms with E-state index in [-0.39, 0.29) is 42.8 Å². The Kier molecular flexibility index (Phi) is 7.89. The number of phenolic OH excluding ortho intramolecular Hbond substituents is 1. The molecule has 0 heterocycles. The van der Waals surface area contributed by atoms with Crippen LogP contribution in [0.4, 0.5) is 0 Å². The number of primary amides is 1. The number of ketones is 3. The molecular formula is C29H33NO10. The highest BCUT2D eigenvalue weighted by atomic mass is 16.5. The standard InChI is InChI=1S/C29H33NO10/c1-3-4-10-40-20(34)9-8-14(31)11-16-17-12-19(33)23(28(30)38)26(36)29(17,39)27(37)24-21(16)13(2)15-6-5-7-18(32)22(15)25(24)35/h5-7,13,16-17,21,32,35-36,39H,3-4,8-12H2,1-2H3,(H2,30,38)/t13-,16+,17+,21-,29+/m0/s1. The number of phenols is 1. The second-order valence-electron chi connectivity index (χ2n) is 10.7. The number of Topliss-reactive ketones (excluding diaryl/α,β-unsaturated/α-hetero) is 3. The SMILES string of the molecule is CCCCOC(=O)CCC(=O)C[C@H]1[C@H]2C(=C(O)c3c(O)cccc3[C@@H]2C)C(=O)[C@]2(O)C(O)=C(C(N)=O)C(=O)C[C@H]12. The number of ether oxygens (including phenoxy) is 1. The van der Waals surface area contributed by atoms with Crippen LogP contribution in [-0.4, -0.2) is 61.9 Å². The average molecular weight is 556 g/mol. The van der Waals surface area contributed by atoms with E-state index in [0.29, 0.717) is 12.0 Å². The molecule has 0 saturated heterocycles. The highest BCUT2D eigenvalue weighted by Gasteiger charge is 2.64. The van der Waals surface area contributed by atoms with Gasteiger partial charge in [0.25, 0.3) is 5.91 Å². The largest absolute Gasteiger partial charge is 0.508 e. The first kappa shape index (κ1) is 29.0. The predicted molar refractivity (Wildman–Crippen MR) is 140 cm³/mol. The Morgan fingerprint density at radius 2 is 1.82 bits per heavy atom. The fraction of sp³-hybridized carbons (Fsp3) is 0.483. The Bertz CT molecular complexity index is 1360. The zero-order chi connectivity index (χ0) is 29.5. The number of carbonyl (C=O) groups excluding carboxylic acids is 5. The summed E-state index contributed by atoms with van der Waals surface area (Å²) in [5, 5.41) is 44.4. The van der Waals surface area contributed by atoms with Gasteiger partial charge in [-0.25, -0.2) is 0 Å². The van der Waals surface area contributed by atoms with Gasteiger partial charge in [-0.1, -0.05) is 32.4 Å². The lowest BCUT2D eigenvalue weighted by Gasteiger charge is -2.52. The first-order chi connectivity index (χ1) is 18.9. The molecule has 6 N–H and O–H groups in total. The molecule has 11 heteroatoms. The number of rotatable bonds is 9. The Labute approximate surface area is 230 Å². The molecule has 1 amide bonds. The number of fused-ring (bicyclic) bond motifs is 3. The molecule has 1 fully saturated rings. The van der Waals surface area contributed by atoms with Crippen LogP contribution in [0.5, 0.6) is 5.75 Å². The highest BCUT2D eigenvalue weighted by molar-refractivity contribution is 6.23. The van der Waals surface area contributed by atoms with Gasteiger partial charge in [0, 0.05) is 36.7 Å². The Balaban J connectivity index is 1.80. The third-order valence-corrected chi connectivity index (χ3v) is 8.40. The van der Waals surface area contributed by atoms with Gasteiger partial charge in [0.15, 0.2) is 11.4 Å². The Morgan fingerprint density at radius 1 is 1.12 bits per heavy atom. The van der Waals surface area contributed by atoms with E-state index in [4.69, 9.17) is 10.5 Å². The van der Waals surface area contributed by atoms with Gasteiger partial charge in [-0.2, -0.15) is 0 Å². The average Bonchev–Trinajstić information content (AvgIpc) is 2.89. The van der Waals surface area contributed by atoms with Crippen molar-refractivity contribution >= 4 is 35.0 Å². The van der Waals surface area contributed by atoms with Crippen LogP contribution >= 0.6 is 0 Å². The molecule has 0 spiro atoms. The van der Waals surface area contributed by atoms with Crippen LogP contribution in [0.25, 0.3) is 5.76 Å². The first-order valence-electron chi connectivity index (χ1n) is 13.3. The minimum absolute atomic E-state index is 0.0259. The smallest absolute Gasteiger partial charge is 0.306 e. The molecule has 214 valence electrons. The van der Waals surface area contributed by atoms with E-state index in [0.717, 1.165) is 6.42 Å². The molecule has 0 aromatic heterocycles. The van der Waals surface area contributed by atoms with Crippen molar-refractivity contribution in [2.75, 3.05) is 6.61 Å². The fourth-order valence-corrected chi connectivity index (χ4v) is 6.45. The third-order valence-electron chi connectivity index (χ3n) is 8.40. The molecular weight excluding hydrogens is 522 g/mol. The maximum Gasteiger partial charge on any atom is 0.306 e. The van der Waals surface area contributed by atoms with Gasteiger partial charge in [-0.15, -0.1) is 0 Å². The molecule has 1 aromatic rings. The minimum Gasteiger partial charge on any atom is -0.508 e. The second kappa shape index (κ2) is 10.9. The van der Waals surface area contributed by atoms with Gasteiger partial charge >= 0.3 is 5.97 Å². The molecule has 0 radical (unpaired) electrons. The lowest BCUT2D eigenvalue weighted by molar-refractivity contribution is -0.155. The van der Waals surface area contributed by atoms with Crippen molar-refractivity contribution in [3.05, 3.63) is 46.2 Å². The predicted octanol–water partition coefficient (Wildman–Crippen LogP) is 2.29. The summed E-state index contributed by atoms with van der Waals surface area (Å²) in [6.45, 7) is 3.90. The molecule has 4 rings (SSSR count). The maximum absolute atomic E-state index is 13.9. The van der Waals surface area contributed by atoms with E-state index >= 15 is 0 Å². The van der Waals surface area contributed by atoms with Gasteiger partial charge in [0.1, 0.15) is 28.6 Å². The quantitative estimate of drug-likeness (QED) is 0.171. The summed E-state index contributed by atoms with van der Waals surface area (Å²) >= 11 is 0. The number of aliphatic hydroxyl groups excluding tert-OH is 2. The summed E-state index contributed by atoms with van der Waals surface area (Å²) in [6, 6.07) is 4.53. The molecule has 3 aliphatic rings. The third kappa shape index (κ3) is 4.57. The van der Waals surface area contributed by atoms with E-state index in [9.17, 15) is 44.4 Å². The number of benzene rings is 1. The fourth-order valence-electron chi connectivity index (χ4n) is 6.45. The number of aliphatic hydroxyl groups is 3. The van der Waals surface area contributed by atoms with Crippen molar-refractivity contribution in [1.82, 2.24) is 0 Å². The van der Waals surface area contributed by atoms with Crippen molar-refractivity contribution in [2.24, 2.45) is 23.5 Å². The number of unbranched alkanes of at least 4 members (excludes halogenated alkanes) is 1. The zero-order valence-electron chi connectivity index (χ0n) is 22.3. The van der Waals surface area contributed by atoms with Crippen molar-refractivity contribution < 1.29 is 49.1 Å². The molecule has 5 atom stereocenters. The van der Waals surface area contributed by atoms with Gasteiger partial charge in [-0.3, -0.25) is 24.0 Å². The van der Waals surface area contributed by atoms with Crippen LogP contribution in [0.3, 0.4) is 0 Å². The monoisotopic (exact) mass is 555 g/mol. The van der Waals surface area contributed by atoms with Gasteiger partial charge < -0.3 is 30.9 Å². The number of hydrogen-bond donors (Lipinski definition) is 5. The number of hydrogen-bond acceptors (Lipinski definition) is 10. The molecule has 1 saturated carbocycles. The summed E-state index contributed by atoms with van der Waals surface area (Å²) in [6.07, 6.45) is 0.248. The summed E-state index contributed by atoms with van der Waals surface area (Å²) in [5.74, 6) is -10.3. The summed E-state index contributed by atoms with van der Waals surface area (Å²) in [4.78, 5) is 64.0. The summed E-state index contributed by atoms with van der Waals surface area (Å²) in [7, 11) is 0. The van der Waals surface area contributed by atoms with E-state index in [1.54, 1.807) is 19.1 Å². The topological polar surface area (TPSA) is 202 Å². The molecule has 0 aliphatic heterocycles.